The number of amides is 1. The van der Waals surface area contributed by atoms with Gasteiger partial charge < -0.3 is 10.2 Å². The molecule has 2 rings (SSSR count). The number of likely N-dealkylation sites (N-methyl/N-ethyl adjacent to an activating group) is 1. The largest absolute Gasteiger partial charge is 0.385 e. The fourth-order valence-corrected chi connectivity index (χ4v) is 2.64. The fourth-order valence-electron chi connectivity index (χ4n) is 2.64. The summed E-state index contributed by atoms with van der Waals surface area (Å²) in [7, 11) is 0. The van der Waals surface area contributed by atoms with Gasteiger partial charge in [-0.3, -0.25) is 4.79 Å². The highest BCUT2D eigenvalue weighted by Gasteiger charge is 2.28. The second-order valence-corrected chi connectivity index (χ2v) is 4.77. The summed E-state index contributed by atoms with van der Waals surface area (Å²) in [5.74, 6) is 0.322. The maximum atomic E-state index is 12.6. The van der Waals surface area contributed by atoms with Crippen LogP contribution in [0, 0.1) is 0 Å². The molecule has 18 heavy (non-hydrogen) atoms. The smallest absolute Gasteiger partial charge is 0.230 e. The van der Waals surface area contributed by atoms with Gasteiger partial charge in [-0.15, -0.1) is 0 Å². The molecule has 0 spiro atoms. The molecule has 0 aromatic heterocycles. The van der Waals surface area contributed by atoms with Crippen LogP contribution in [0.15, 0.2) is 24.3 Å². The molecule has 1 aromatic carbocycles. The van der Waals surface area contributed by atoms with Crippen LogP contribution in [0.25, 0.3) is 0 Å². The lowest BCUT2D eigenvalue weighted by Crippen LogP contribution is -2.37. The number of hydrogen-bond donors (Lipinski definition) is 1. The molecule has 1 atom stereocenters. The van der Waals surface area contributed by atoms with Crippen LogP contribution in [0.4, 0.5) is 5.69 Å². The molecular weight excluding hydrogens is 224 g/mol. The Kier molecular flexibility index (Phi) is 4.24. The Bertz CT molecular complexity index is 417. The molecule has 3 heteroatoms. The first-order valence-corrected chi connectivity index (χ1v) is 6.89. The minimum Gasteiger partial charge on any atom is -0.385 e. The van der Waals surface area contributed by atoms with E-state index in [1.165, 1.54) is 0 Å². The van der Waals surface area contributed by atoms with Gasteiger partial charge in [0.2, 0.25) is 5.91 Å². The Labute approximate surface area is 109 Å². The first-order valence-electron chi connectivity index (χ1n) is 6.89. The number of rotatable bonds is 4. The van der Waals surface area contributed by atoms with Crippen molar-refractivity contribution in [2.24, 2.45) is 0 Å². The van der Waals surface area contributed by atoms with Crippen LogP contribution in [-0.4, -0.2) is 30.4 Å². The molecule has 0 saturated heterocycles. The van der Waals surface area contributed by atoms with Crippen LogP contribution in [-0.2, 0) is 4.79 Å². The number of nitrogens with zero attached hydrogens (tertiary/aromatic N) is 1. The molecule has 1 unspecified atom stereocenters. The lowest BCUT2D eigenvalue weighted by molar-refractivity contribution is -0.132. The van der Waals surface area contributed by atoms with E-state index >= 15 is 0 Å². The van der Waals surface area contributed by atoms with Crippen LogP contribution in [0.3, 0.4) is 0 Å². The number of carbonyl (C=O) groups excluding carboxylic acids is 1. The predicted molar refractivity (Wildman–Crippen MR) is 74.8 cm³/mol. The summed E-state index contributed by atoms with van der Waals surface area (Å²) in [6.07, 6.45) is 1.92. The van der Waals surface area contributed by atoms with E-state index in [2.05, 4.69) is 31.3 Å². The molecule has 0 aliphatic carbocycles. The van der Waals surface area contributed by atoms with E-state index < -0.39 is 0 Å². The average Bonchev–Trinajstić information content (AvgIpc) is 2.43. The Morgan fingerprint density at radius 2 is 2.17 bits per heavy atom. The van der Waals surface area contributed by atoms with Crippen LogP contribution in [0.5, 0.6) is 0 Å². The first kappa shape index (κ1) is 12.9. The minimum atomic E-state index is 0.0361. The lowest BCUT2D eigenvalue weighted by Gasteiger charge is -2.30. The zero-order chi connectivity index (χ0) is 13.0. The summed E-state index contributed by atoms with van der Waals surface area (Å²) in [6, 6.07) is 8.17. The fraction of sp³-hybridized carbons (Fsp3) is 0.533. The van der Waals surface area contributed by atoms with Crippen LogP contribution in [0.1, 0.15) is 38.2 Å². The summed E-state index contributed by atoms with van der Waals surface area (Å²) in [5, 5.41) is 3.37. The van der Waals surface area contributed by atoms with E-state index in [1.54, 1.807) is 0 Å². The molecule has 1 aliphatic heterocycles. The van der Waals surface area contributed by atoms with Gasteiger partial charge in [0.05, 0.1) is 5.92 Å². The maximum Gasteiger partial charge on any atom is 0.230 e. The van der Waals surface area contributed by atoms with Gasteiger partial charge in [0.15, 0.2) is 0 Å². The highest BCUT2D eigenvalue weighted by atomic mass is 16.2. The monoisotopic (exact) mass is 246 g/mol. The molecule has 0 saturated carbocycles. The summed E-state index contributed by atoms with van der Waals surface area (Å²) in [6.45, 7) is 6.73. The summed E-state index contributed by atoms with van der Waals surface area (Å²) < 4.78 is 0. The van der Waals surface area contributed by atoms with E-state index in [0.717, 1.165) is 43.7 Å². The Morgan fingerprint density at radius 3 is 2.89 bits per heavy atom. The SMILES string of the molecule is CCCN(CC)C(=O)C1CCNc2ccccc21. The number of anilines is 1. The second-order valence-electron chi connectivity index (χ2n) is 4.77. The van der Waals surface area contributed by atoms with E-state index in [4.69, 9.17) is 0 Å². The molecule has 1 heterocycles. The number of para-hydroxylation sites is 1. The molecule has 0 bridgehead atoms. The van der Waals surface area contributed by atoms with Crippen LogP contribution < -0.4 is 5.32 Å². The number of carbonyl (C=O) groups is 1. The van der Waals surface area contributed by atoms with Gasteiger partial charge in [0.25, 0.3) is 0 Å². The number of hydrogen-bond acceptors (Lipinski definition) is 2. The second kappa shape index (κ2) is 5.89. The molecule has 1 amide bonds. The lowest BCUT2D eigenvalue weighted by atomic mass is 9.89. The highest BCUT2D eigenvalue weighted by Crippen LogP contribution is 2.32. The van der Waals surface area contributed by atoms with Crippen molar-refractivity contribution in [3.63, 3.8) is 0 Å². The standard InChI is InChI=1S/C15H22N2O/c1-3-11-17(4-2)15(18)13-9-10-16-14-8-6-5-7-12(13)14/h5-8,13,16H,3-4,9-11H2,1-2H3. The number of fused-ring (bicyclic) bond motifs is 1. The Balaban J connectivity index is 2.21. The van der Waals surface area contributed by atoms with Crippen molar-refractivity contribution < 1.29 is 4.79 Å². The molecule has 0 radical (unpaired) electrons. The minimum absolute atomic E-state index is 0.0361. The van der Waals surface area contributed by atoms with Crippen molar-refractivity contribution in [1.82, 2.24) is 4.90 Å². The van der Waals surface area contributed by atoms with Gasteiger partial charge in [0.1, 0.15) is 0 Å². The number of nitrogens with one attached hydrogen (secondary N) is 1. The topological polar surface area (TPSA) is 32.3 Å². The van der Waals surface area contributed by atoms with Crippen molar-refractivity contribution in [2.75, 3.05) is 25.0 Å². The van der Waals surface area contributed by atoms with Crippen molar-refractivity contribution in [2.45, 2.75) is 32.6 Å². The van der Waals surface area contributed by atoms with Crippen molar-refractivity contribution in [3.05, 3.63) is 29.8 Å². The van der Waals surface area contributed by atoms with Crippen molar-refractivity contribution >= 4 is 11.6 Å². The van der Waals surface area contributed by atoms with Crippen molar-refractivity contribution in [1.29, 1.82) is 0 Å². The van der Waals surface area contributed by atoms with Gasteiger partial charge in [-0.2, -0.15) is 0 Å². The molecule has 98 valence electrons. The molecule has 0 fully saturated rings. The van der Waals surface area contributed by atoms with Crippen LogP contribution >= 0.6 is 0 Å². The van der Waals surface area contributed by atoms with Gasteiger partial charge in [-0.25, -0.2) is 0 Å². The quantitative estimate of drug-likeness (QED) is 0.886. The van der Waals surface area contributed by atoms with E-state index in [1.807, 2.05) is 17.0 Å². The molecule has 1 N–H and O–H groups in total. The number of benzene rings is 1. The summed E-state index contributed by atoms with van der Waals surface area (Å²) in [4.78, 5) is 14.6. The maximum absolute atomic E-state index is 12.6. The highest BCUT2D eigenvalue weighted by molar-refractivity contribution is 5.86. The van der Waals surface area contributed by atoms with Gasteiger partial charge in [-0.05, 0) is 31.4 Å². The average molecular weight is 246 g/mol. The third-order valence-electron chi connectivity index (χ3n) is 3.57. The van der Waals surface area contributed by atoms with E-state index in [0.29, 0.717) is 0 Å². The molecule has 1 aromatic rings. The zero-order valence-corrected chi connectivity index (χ0v) is 11.3. The third-order valence-corrected chi connectivity index (χ3v) is 3.57. The Morgan fingerprint density at radius 1 is 1.39 bits per heavy atom. The van der Waals surface area contributed by atoms with E-state index in [9.17, 15) is 4.79 Å². The Hall–Kier alpha value is -1.51. The molecular formula is C15H22N2O. The van der Waals surface area contributed by atoms with Crippen LogP contribution in [0.2, 0.25) is 0 Å². The zero-order valence-electron chi connectivity index (χ0n) is 11.3. The molecule has 1 aliphatic rings. The summed E-state index contributed by atoms with van der Waals surface area (Å²) in [5.41, 5.74) is 2.28. The summed E-state index contributed by atoms with van der Waals surface area (Å²) >= 11 is 0. The van der Waals surface area contributed by atoms with E-state index in [-0.39, 0.29) is 11.8 Å². The van der Waals surface area contributed by atoms with Crippen molar-refractivity contribution in [3.8, 4) is 0 Å². The third kappa shape index (κ3) is 2.50. The molecule has 3 nitrogen and oxygen atoms in total. The van der Waals surface area contributed by atoms with Gasteiger partial charge in [-0.1, -0.05) is 25.1 Å². The van der Waals surface area contributed by atoms with Gasteiger partial charge in [0, 0.05) is 25.3 Å². The predicted octanol–water partition coefficient (Wildman–Crippen LogP) is 2.84. The van der Waals surface area contributed by atoms with Gasteiger partial charge >= 0.3 is 0 Å². The normalized spacial score (nSPS) is 17.8. The first-order chi connectivity index (χ1) is 8.77.